The van der Waals surface area contributed by atoms with Crippen molar-refractivity contribution in [2.75, 3.05) is 26.7 Å². The molecule has 0 saturated carbocycles. The normalized spacial score (nSPS) is 19.2. The number of likely N-dealkylation sites (tertiary alicyclic amines) is 1. The van der Waals surface area contributed by atoms with E-state index in [1.807, 2.05) is 0 Å². The van der Waals surface area contributed by atoms with Crippen LogP contribution < -0.4 is 5.32 Å². The molecule has 1 saturated heterocycles. The summed E-state index contributed by atoms with van der Waals surface area (Å²) in [6.07, 6.45) is 6.37. The van der Waals surface area contributed by atoms with Crippen LogP contribution in [0.15, 0.2) is 0 Å². The summed E-state index contributed by atoms with van der Waals surface area (Å²) in [6.45, 7) is 2.93. The zero-order valence-corrected chi connectivity index (χ0v) is 13.1. The second-order valence-corrected chi connectivity index (χ2v) is 6.02. The third kappa shape index (κ3) is 6.34. The van der Waals surface area contributed by atoms with E-state index >= 15 is 0 Å². The molecular weight excluding hydrogens is 271 g/mol. The Labute approximate surface area is 127 Å². The van der Waals surface area contributed by atoms with Crippen LogP contribution in [0.25, 0.3) is 0 Å². The molecule has 0 aliphatic carbocycles. The molecule has 6 nitrogen and oxygen atoms in total. The van der Waals surface area contributed by atoms with E-state index in [0.29, 0.717) is 32.0 Å². The molecule has 122 valence electrons. The predicted molar refractivity (Wildman–Crippen MR) is 83.2 cm³/mol. The number of aliphatic carboxylic acids is 1. The SMILES string of the molecule is CNC(CCCCB(O)O)(CCN1CCCCC1)C(=O)O. The fourth-order valence-electron chi connectivity index (χ4n) is 2.98. The lowest BCUT2D eigenvalue weighted by atomic mass is 9.81. The lowest BCUT2D eigenvalue weighted by Crippen LogP contribution is -2.52. The Balaban J connectivity index is 2.45. The van der Waals surface area contributed by atoms with Gasteiger partial charge in [-0.2, -0.15) is 0 Å². The van der Waals surface area contributed by atoms with Crippen molar-refractivity contribution in [1.82, 2.24) is 10.2 Å². The van der Waals surface area contributed by atoms with Crippen molar-refractivity contribution in [2.24, 2.45) is 0 Å². The van der Waals surface area contributed by atoms with Crippen molar-refractivity contribution in [3.05, 3.63) is 0 Å². The van der Waals surface area contributed by atoms with Crippen LogP contribution in [0.4, 0.5) is 0 Å². The van der Waals surface area contributed by atoms with Crippen molar-refractivity contribution in [3.8, 4) is 0 Å². The van der Waals surface area contributed by atoms with Gasteiger partial charge in [0.15, 0.2) is 0 Å². The van der Waals surface area contributed by atoms with Gasteiger partial charge in [0.05, 0.1) is 0 Å². The molecule has 1 rings (SSSR count). The number of carboxylic acid groups (broad SMARTS) is 1. The maximum absolute atomic E-state index is 11.7. The molecule has 21 heavy (non-hydrogen) atoms. The fraction of sp³-hybridized carbons (Fsp3) is 0.929. The first-order chi connectivity index (χ1) is 10.00. The van der Waals surface area contributed by atoms with Gasteiger partial charge < -0.3 is 25.4 Å². The van der Waals surface area contributed by atoms with E-state index in [2.05, 4.69) is 10.2 Å². The highest BCUT2D eigenvalue weighted by Gasteiger charge is 2.36. The summed E-state index contributed by atoms with van der Waals surface area (Å²) in [6, 6.07) is 0. The largest absolute Gasteiger partial charge is 0.480 e. The fourth-order valence-corrected chi connectivity index (χ4v) is 2.98. The summed E-state index contributed by atoms with van der Waals surface area (Å²) < 4.78 is 0. The summed E-state index contributed by atoms with van der Waals surface area (Å²) in [7, 11) is 0.401. The van der Waals surface area contributed by atoms with Gasteiger partial charge in [-0.05, 0) is 52.1 Å². The van der Waals surface area contributed by atoms with Crippen LogP contribution in [0.3, 0.4) is 0 Å². The summed E-state index contributed by atoms with van der Waals surface area (Å²) in [4.78, 5) is 14.0. The number of likely N-dealkylation sites (N-methyl/N-ethyl adjacent to an activating group) is 1. The topological polar surface area (TPSA) is 93.0 Å². The number of hydrogen-bond donors (Lipinski definition) is 4. The Morgan fingerprint density at radius 2 is 1.86 bits per heavy atom. The van der Waals surface area contributed by atoms with Crippen LogP contribution in [0.5, 0.6) is 0 Å². The van der Waals surface area contributed by atoms with Crippen molar-refractivity contribution >= 4 is 13.1 Å². The van der Waals surface area contributed by atoms with Crippen LogP contribution >= 0.6 is 0 Å². The minimum Gasteiger partial charge on any atom is -0.480 e. The minimum atomic E-state index is -1.30. The van der Waals surface area contributed by atoms with E-state index in [4.69, 9.17) is 10.0 Å². The van der Waals surface area contributed by atoms with Crippen molar-refractivity contribution < 1.29 is 19.9 Å². The third-order valence-corrected chi connectivity index (χ3v) is 4.51. The van der Waals surface area contributed by atoms with Gasteiger partial charge in [-0.1, -0.05) is 19.3 Å². The van der Waals surface area contributed by atoms with E-state index in [1.54, 1.807) is 7.05 Å². The van der Waals surface area contributed by atoms with Gasteiger partial charge in [0.25, 0.3) is 0 Å². The molecule has 1 unspecified atom stereocenters. The molecule has 1 aliphatic heterocycles. The lowest BCUT2D eigenvalue weighted by Gasteiger charge is -2.33. The number of rotatable bonds is 10. The maximum Gasteiger partial charge on any atom is 0.451 e. The molecule has 0 aromatic rings. The maximum atomic E-state index is 11.7. The minimum absolute atomic E-state index is 0.297. The lowest BCUT2D eigenvalue weighted by molar-refractivity contribution is -0.145. The highest BCUT2D eigenvalue weighted by atomic mass is 16.4. The smallest absolute Gasteiger partial charge is 0.451 e. The molecule has 0 aromatic heterocycles. The molecule has 0 bridgehead atoms. The summed E-state index contributed by atoms with van der Waals surface area (Å²) in [5, 5.41) is 30.3. The average Bonchev–Trinajstić information content (AvgIpc) is 2.47. The molecule has 1 aliphatic rings. The summed E-state index contributed by atoms with van der Waals surface area (Å²) >= 11 is 0. The van der Waals surface area contributed by atoms with Gasteiger partial charge in [0, 0.05) is 6.54 Å². The molecule has 0 spiro atoms. The predicted octanol–water partition coefficient (Wildman–Crippen LogP) is 0.548. The zero-order chi connectivity index (χ0) is 15.7. The zero-order valence-electron chi connectivity index (χ0n) is 13.1. The Morgan fingerprint density at radius 1 is 1.19 bits per heavy atom. The Morgan fingerprint density at radius 3 is 2.38 bits per heavy atom. The third-order valence-electron chi connectivity index (χ3n) is 4.51. The second kappa shape index (κ2) is 9.40. The van der Waals surface area contributed by atoms with Crippen LogP contribution in [0, 0.1) is 0 Å². The standard InChI is InChI=1S/C14H29BN2O4/c1-16-14(13(18)19,7-3-4-9-15(20)21)8-12-17-10-5-2-6-11-17/h16,20-21H,2-12H2,1H3,(H,18,19). The quantitative estimate of drug-likeness (QED) is 0.348. The van der Waals surface area contributed by atoms with E-state index in [9.17, 15) is 9.90 Å². The molecule has 1 atom stereocenters. The van der Waals surface area contributed by atoms with Gasteiger partial charge in [-0.25, -0.2) is 0 Å². The molecular formula is C14H29BN2O4. The molecule has 1 heterocycles. The van der Waals surface area contributed by atoms with Crippen LogP contribution in [-0.4, -0.2) is 65.4 Å². The highest BCUT2D eigenvalue weighted by Crippen LogP contribution is 2.22. The molecule has 0 radical (unpaired) electrons. The highest BCUT2D eigenvalue weighted by molar-refractivity contribution is 6.40. The van der Waals surface area contributed by atoms with Gasteiger partial charge in [-0.3, -0.25) is 4.79 Å². The van der Waals surface area contributed by atoms with Gasteiger partial charge in [-0.15, -0.1) is 0 Å². The number of carboxylic acids is 1. The molecule has 0 aromatic carbocycles. The molecule has 1 fully saturated rings. The van der Waals surface area contributed by atoms with Crippen molar-refractivity contribution in [2.45, 2.75) is 56.8 Å². The van der Waals surface area contributed by atoms with Crippen molar-refractivity contribution in [3.63, 3.8) is 0 Å². The van der Waals surface area contributed by atoms with Crippen LogP contribution in [-0.2, 0) is 4.79 Å². The van der Waals surface area contributed by atoms with Gasteiger partial charge in [0.2, 0.25) is 0 Å². The first-order valence-electron chi connectivity index (χ1n) is 8.01. The number of hydrogen-bond acceptors (Lipinski definition) is 5. The Bertz CT molecular complexity index is 311. The second-order valence-electron chi connectivity index (χ2n) is 6.02. The number of unbranched alkanes of at least 4 members (excludes halogenated alkanes) is 1. The Kier molecular flexibility index (Phi) is 8.25. The number of piperidine rings is 1. The Hall–Kier alpha value is -0.625. The van der Waals surface area contributed by atoms with Gasteiger partial charge in [0.1, 0.15) is 5.54 Å². The average molecular weight is 300 g/mol. The molecule has 7 heteroatoms. The molecule has 4 N–H and O–H groups in total. The van der Waals surface area contributed by atoms with E-state index in [-0.39, 0.29) is 0 Å². The van der Waals surface area contributed by atoms with E-state index < -0.39 is 18.6 Å². The first-order valence-corrected chi connectivity index (χ1v) is 8.01. The number of nitrogens with zero attached hydrogens (tertiary/aromatic N) is 1. The summed E-state index contributed by atoms with van der Waals surface area (Å²) in [5.74, 6) is -0.813. The first kappa shape index (κ1) is 18.4. The number of carbonyl (C=O) groups is 1. The van der Waals surface area contributed by atoms with Crippen LogP contribution in [0.2, 0.25) is 6.32 Å². The summed E-state index contributed by atoms with van der Waals surface area (Å²) in [5.41, 5.74) is -0.905. The van der Waals surface area contributed by atoms with E-state index in [1.165, 1.54) is 19.3 Å². The van der Waals surface area contributed by atoms with Gasteiger partial charge >= 0.3 is 13.1 Å². The van der Waals surface area contributed by atoms with E-state index in [0.717, 1.165) is 19.6 Å². The van der Waals surface area contributed by atoms with Crippen LogP contribution in [0.1, 0.15) is 44.9 Å². The monoisotopic (exact) mass is 300 g/mol. The van der Waals surface area contributed by atoms with Crippen molar-refractivity contribution in [1.29, 1.82) is 0 Å². The number of nitrogens with one attached hydrogen (secondary N) is 1. The molecule has 0 amide bonds.